The summed E-state index contributed by atoms with van der Waals surface area (Å²) in [6, 6.07) is 13.2. The number of rotatable bonds is 5. The third-order valence-electron chi connectivity index (χ3n) is 6.06. The van der Waals surface area contributed by atoms with Gasteiger partial charge in [-0.3, -0.25) is 14.6 Å². The number of halogens is 1. The summed E-state index contributed by atoms with van der Waals surface area (Å²) in [6.07, 6.45) is 7.22. The maximum atomic E-state index is 12.7. The number of nitrogens with zero attached hydrogens (tertiary/aromatic N) is 3. The number of hydrogen-bond acceptors (Lipinski definition) is 5. The zero-order chi connectivity index (χ0) is 22.9. The van der Waals surface area contributed by atoms with E-state index in [0.717, 1.165) is 51.9 Å². The monoisotopic (exact) mass is 523 g/mol. The first-order valence-electron chi connectivity index (χ1n) is 10.8. The van der Waals surface area contributed by atoms with Gasteiger partial charge in [-0.2, -0.15) is 0 Å². The summed E-state index contributed by atoms with van der Waals surface area (Å²) in [5.74, 6) is 0.318. The number of thiophene rings is 1. The zero-order valence-corrected chi connectivity index (χ0v) is 20.1. The Kier molecular flexibility index (Phi) is 5.99. The fourth-order valence-electron chi connectivity index (χ4n) is 4.55. The first-order valence-corrected chi connectivity index (χ1v) is 12.4. The van der Waals surface area contributed by atoms with Gasteiger partial charge in [-0.25, -0.2) is 4.98 Å². The molecule has 0 radical (unpaired) electrons. The molecule has 1 aliphatic rings. The van der Waals surface area contributed by atoms with Crippen LogP contribution in [0.3, 0.4) is 0 Å². The summed E-state index contributed by atoms with van der Waals surface area (Å²) in [7, 11) is 0. The quantitative estimate of drug-likeness (QED) is 0.386. The van der Waals surface area contributed by atoms with Crippen LogP contribution in [-0.2, 0) is 0 Å². The molecule has 3 aromatic heterocycles. The van der Waals surface area contributed by atoms with E-state index in [4.69, 9.17) is 10.7 Å². The molecule has 1 aromatic carbocycles. The number of pyridine rings is 1. The van der Waals surface area contributed by atoms with Crippen molar-refractivity contribution in [1.29, 1.82) is 0 Å². The molecule has 0 bridgehead atoms. The highest BCUT2D eigenvalue weighted by atomic mass is 79.9. The Morgan fingerprint density at radius 3 is 2.67 bits per heavy atom. The summed E-state index contributed by atoms with van der Waals surface area (Å²) < 4.78 is 3.19. The first kappa shape index (κ1) is 21.8. The number of carbonyl (C=O) groups excluding carboxylic acids is 2. The van der Waals surface area contributed by atoms with E-state index in [1.54, 1.807) is 24.5 Å². The summed E-state index contributed by atoms with van der Waals surface area (Å²) in [4.78, 5) is 34.1. The predicted octanol–water partition coefficient (Wildman–Crippen LogP) is 4.93. The van der Waals surface area contributed by atoms with E-state index >= 15 is 0 Å². The summed E-state index contributed by atoms with van der Waals surface area (Å²) in [6.45, 7) is 0. The molecule has 3 N–H and O–H groups in total. The number of benzene rings is 1. The maximum absolute atomic E-state index is 12.7. The van der Waals surface area contributed by atoms with Crippen molar-refractivity contribution in [3.63, 3.8) is 0 Å². The first-order chi connectivity index (χ1) is 16.0. The number of aromatic nitrogens is 3. The zero-order valence-electron chi connectivity index (χ0n) is 17.7. The second-order valence-electron chi connectivity index (χ2n) is 8.20. The van der Waals surface area contributed by atoms with Crippen LogP contribution in [0, 0.1) is 0 Å². The summed E-state index contributed by atoms with van der Waals surface area (Å²) in [5, 5.41) is 3.22. The third kappa shape index (κ3) is 4.43. The van der Waals surface area contributed by atoms with Crippen molar-refractivity contribution in [3.8, 4) is 11.4 Å². The molecule has 1 saturated carbocycles. The van der Waals surface area contributed by atoms with Crippen LogP contribution in [0.1, 0.15) is 51.8 Å². The van der Waals surface area contributed by atoms with E-state index in [-0.39, 0.29) is 18.0 Å². The van der Waals surface area contributed by atoms with Crippen LogP contribution in [0.25, 0.3) is 22.4 Å². The highest BCUT2D eigenvalue weighted by molar-refractivity contribution is 9.11. The molecule has 2 amide bonds. The third-order valence-corrected chi connectivity index (χ3v) is 7.68. The summed E-state index contributed by atoms with van der Waals surface area (Å²) in [5.41, 5.74) is 8.56. The van der Waals surface area contributed by atoms with Gasteiger partial charge in [0.2, 0.25) is 5.91 Å². The number of imidazole rings is 1. The van der Waals surface area contributed by atoms with Gasteiger partial charge in [0.05, 0.1) is 19.7 Å². The van der Waals surface area contributed by atoms with Gasteiger partial charge >= 0.3 is 0 Å². The van der Waals surface area contributed by atoms with Crippen molar-refractivity contribution in [3.05, 3.63) is 69.1 Å². The molecule has 7 nitrogen and oxygen atoms in total. The molecule has 0 aliphatic heterocycles. The van der Waals surface area contributed by atoms with Gasteiger partial charge in [-0.1, -0.05) is 0 Å². The van der Waals surface area contributed by atoms with Crippen LogP contribution in [0.15, 0.2) is 58.6 Å². The van der Waals surface area contributed by atoms with Crippen molar-refractivity contribution < 1.29 is 9.59 Å². The van der Waals surface area contributed by atoms with Crippen LogP contribution in [0.5, 0.6) is 0 Å². The Morgan fingerprint density at radius 1 is 1.12 bits per heavy atom. The van der Waals surface area contributed by atoms with E-state index in [1.807, 2.05) is 30.3 Å². The molecule has 4 aromatic rings. The van der Waals surface area contributed by atoms with Crippen LogP contribution >= 0.6 is 27.3 Å². The molecule has 9 heteroatoms. The minimum Gasteiger partial charge on any atom is -0.366 e. The van der Waals surface area contributed by atoms with Gasteiger partial charge in [-0.15, -0.1) is 11.3 Å². The molecule has 2 atom stereocenters. The van der Waals surface area contributed by atoms with E-state index < -0.39 is 5.91 Å². The molecule has 3 heterocycles. The predicted molar refractivity (Wildman–Crippen MR) is 132 cm³/mol. The fraction of sp³-hybridized carbons (Fsp3) is 0.250. The Balaban J connectivity index is 1.49. The number of primary amides is 1. The maximum Gasteiger partial charge on any atom is 0.261 e. The lowest BCUT2D eigenvalue weighted by Gasteiger charge is -2.32. The van der Waals surface area contributed by atoms with Crippen LogP contribution in [0.4, 0.5) is 0 Å². The van der Waals surface area contributed by atoms with Gasteiger partial charge in [0, 0.05) is 35.6 Å². The van der Waals surface area contributed by atoms with Gasteiger partial charge in [0.1, 0.15) is 5.82 Å². The SMILES string of the molecule is NC(=O)c1ccc2c(c1)nc(-c1ccncc1)n2C1CCCC(NC(=O)c2ccc(Br)s2)C1. The number of hydrogen-bond donors (Lipinski definition) is 2. The highest BCUT2D eigenvalue weighted by Gasteiger charge is 2.28. The lowest BCUT2D eigenvalue weighted by molar-refractivity contribution is 0.0924. The topological polar surface area (TPSA) is 103 Å². The van der Waals surface area contributed by atoms with E-state index in [0.29, 0.717) is 10.4 Å². The molecule has 2 unspecified atom stereocenters. The molecule has 1 aliphatic carbocycles. The van der Waals surface area contributed by atoms with Gasteiger partial charge in [0.15, 0.2) is 0 Å². The average molecular weight is 524 g/mol. The lowest BCUT2D eigenvalue weighted by atomic mass is 9.90. The number of nitrogens with one attached hydrogen (secondary N) is 1. The Labute approximate surface area is 203 Å². The van der Waals surface area contributed by atoms with Crippen molar-refractivity contribution in [2.24, 2.45) is 5.73 Å². The largest absolute Gasteiger partial charge is 0.366 e. The normalized spacial score (nSPS) is 18.3. The van der Waals surface area contributed by atoms with Gasteiger partial charge in [-0.05, 0) is 84.1 Å². The standard InChI is InChI=1S/C24H22BrN5O2S/c25-21-7-6-20(33-21)24(32)28-16-2-1-3-17(13-16)30-19-5-4-15(22(26)31)12-18(19)29-23(30)14-8-10-27-11-9-14/h4-12,16-17H,1-3,13H2,(H2,26,31)(H,28,32). The van der Waals surface area contributed by atoms with Crippen molar-refractivity contribution in [2.75, 3.05) is 0 Å². The van der Waals surface area contributed by atoms with Crippen LogP contribution in [0.2, 0.25) is 0 Å². The smallest absolute Gasteiger partial charge is 0.261 e. The number of nitrogens with two attached hydrogens (primary N) is 1. The fourth-order valence-corrected chi connectivity index (χ4v) is 5.84. The Morgan fingerprint density at radius 2 is 1.94 bits per heavy atom. The number of fused-ring (bicyclic) bond motifs is 1. The van der Waals surface area contributed by atoms with Crippen molar-refractivity contribution >= 4 is 50.1 Å². The van der Waals surface area contributed by atoms with Crippen molar-refractivity contribution in [2.45, 2.75) is 37.8 Å². The highest BCUT2D eigenvalue weighted by Crippen LogP contribution is 2.36. The van der Waals surface area contributed by atoms with E-state index in [9.17, 15) is 9.59 Å². The molecule has 0 saturated heterocycles. The summed E-state index contributed by atoms with van der Waals surface area (Å²) >= 11 is 4.86. The lowest BCUT2D eigenvalue weighted by Crippen LogP contribution is -2.38. The molecular weight excluding hydrogens is 502 g/mol. The van der Waals surface area contributed by atoms with Gasteiger partial charge < -0.3 is 15.6 Å². The second-order valence-corrected chi connectivity index (χ2v) is 10.7. The molecule has 168 valence electrons. The van der Waals surface area contributed by atoms with Crippen LogP contribution < -0.4 is 11.1 Å². The van der Waals surface area contributed by atoms with E-state index in [1.165, 1.54) is 11.3 Å². The minimum atomic E-state index is -0.474. The van der Waals surface area contributed by atoms with E-state index in [2.05, 4.69) is 30.8 Å². The Bertz CT molecular complexity index is 1330. The Hall–Kier alpha value is -3.04. The number of carbonyl (C=O) groups is 2. The van der Waals surface area contributed by atoms with Crippen molar-refractivity contribution in [1.82, 2.24) is 19.9 Å². The molecular formula is C24H22BrN5O2S. The minimum absolute atomic E-state index is 0.0349. The number of amides is 2. The van der Waals surface area contributed by atoms with Gasteiger partial charge in [0.25, 0.3) is 5.91 Å². The molecule has 1 fully saturated rings. The molecule has 33 heavy (non-hydrogen) atoms. The average Bonchev–Trinajstić information content (AvgIpc) is 3.43. The molecule has 5 rings (SSSR count). The second kappa shape index (κ2) is 9.07. The van der Waals surface area contributed by atoms with Crippen LogP contribution in [-0.4, -0.2) is 32.4 Å². The molecule has 0 spiro atoms.